The first-order valence-electron chi connectivity index (χ1n) is 0. The smallest absolute Gasteiger partial charge is 2.00 e. The Hall–Kier alpha value is 8.03. The van der Waals surface area contributed by atoms with E-state index in [-0.39, 0.29) is 311 Å². The second kappa shape index (κ2) is 198. The molecule has 0 aliphatic heterocycles. The Morgan fingerprint density at radius 3 is 0.294 bits per heavy atom. The summed E-state index contributed by atoms with van der Waals surface area (Å²) in [5, 5.41) is 0. The molecular formula is Ba2Fe2O9Sr2Zn2. The molecule has 0 atom stereocenters. The molecular weight excluding hydrogens is 836 g/mol. The molecule has 0 aromatic heterocycles. The van der Waals surface area contributed by atoms with Crippen molar-refractivity contribution in [1.29, 1.82) is 0 Å². The molecule has 0 aliphatic carbocycles. The first-order chi connectivity index (χ1) is 0. The molecule has 0 saturated heterocycles. The molecule has 0 rings (SSSR count). The zero-order chi connectivity index (χ0) is 0. The average molecular weight is 836 g/mol. The molecule has 0 bridgehead atoms. The number of hydrogen-bond acceptors (Lipinski definition) is 0. The van der Waals surface area contributed by atoms with E-state index in [1.165, 1.54) is 0 Å². The Bertz CT molecular complexity index is 33.0. The molecule has 0 aromatic carbocycles. The first kappa shape index (κ1) is 224. The van der Waals surface area contributed by atoms with Crippen LogP contribution < -0.4 is 0 Å². The van der Waals surface area contributed by atoms with Crippen LogP contribution in [0.1, 0.15) is 0 Å². The molecule has 0 spiro atoms. The summed E-state index contributed by atoms with van der Waals surface area (Å²) in [7, 11) is 0. The third-order valence-electron chi connectivity index (χ3n) is 0. The van der Waals surface area contributed by atoms with Gasteiger partial charge in [0.1, 0.15) is 0 Å². The quantitative estimate of drug-likeness (QED) is 0.228. The van der Waals surface area contributed by atoms with Crippen LogP contribution in [0.4, 0.5) is 0 Å². The maximum atomic E-state index is 0. The maximum Gasteiger partial charge on any atom is 3.00 e. The Labute approximate surface area is 302 Å². The maximum absolute atomic E-state index is 0. The second-order valence-corrected chi connectivity index (χ2v) is 0. The van der Waals surface area contributed by atoms with Crippen LogP contribution in [0.25, 0.3) is 0 Å². The zero-order valence-electron chi connectivity index (χ0n) is 8.62. The van der Waals surface area contributed by atoms with Crippen molar-refractivity contribution in [3.05, 3.63) is 0 Å². The summed E-state index contributed by atoms with van der Waals surface area (Å²) in [6.45, 7) is 0. The molecule has 0 saturated carbocycles. The molecule has 0 aromatic rings. The van der Waals surface area contributed by atoms with Crippen molar-refractivity contribution in [1.82, 2.24) is 0 Å². The fourth-order valence-electron chi connectivity index (χ4n) is 0. The van der Waals surface area contributed by atoms with Gasteiger partial charge in [-0.1, -0.05) is 0 Å². The molecule has 0 heterocycles. The molecule has 9 nitrogen and oxygen atoms in total. The van der Waals surface area contributed by atoms with E-state index in [1.54, 1.807) is 0 Å². The van der Waals surface area contributed by atoms with Gasteiger partial charge in [0.15, 0.2) is 0 Å². The zero-order valence-corrected chi connectivity index (χ0v) is 32.6. The van der Waals surface area contributed by atoms with E-state index in [2.05, 4.69) is 0 Å². The van der Waals surface area contributed by atoms with Crippen molar-refractivity contribution in [3.8, 4) is 0 Å². The standard InChI is InChI=1S/2Ba.2Fe.9O.2Sr.2Zn/q2*+2;2*+3;9*-2;4*+2. The predicted octanol–water partition coefficient (Wildman–Crippen LogP) is -2.60. The summed E-state index contributed by atoms with van der Waals surface area (Å²) in [6.07, 6.45) is 0. The monoisotopic (exact) mass is 835 g/mol. The van der Waals surface area contributed by atoms with Crippen LogP contribution in [-0.4, -0.2) is 189 Å². The molecule has 0 amide bonds. The minimum Gasteiger partial charge on any atom is -2.00 e. The van der Waals surface area contributed by atoms with Gasteiger partial charge in [-0.25, -0.2) is 0 Å². The van der Waals surface area contributed by atoms with Gasteiger partial charge in [-0.05, 0) is 0 Å². The Morgan fingerprint density at radius 2 is 0.294 bits per heavy atom. The summed E-state index contributed by atoms with van der Waals surface area (Å²) in [6, 6.07) is 0. The molecule has 0 N–H and O–H groups in total. The SMILES string of the molecule is [Ba+2].[Ba+2].[Fe+3].[Fe+3].[O-2].[O-2].[O-2].[O-2].[O-2].[O-2].[O-2].[O-2].[O-2].[Sr+2].[Sr+2].[Zn+2].[Zn+2]. The minimum atomic E-state index is 0. The second-order valence-electron chi connectivity index (χ2n) is 0. The van der Waals surface area contributed by atoms with E-state index in [0.717, 1.165) is 0 Å². The molecule has 17 heavy (non-hydrogen) atoms. The average Bonchev–Trinajstić information content (AvgIpc) is 0. The summed E-state index contributed by atoms with van der Waals surface area (Å²) < 4.78 is 0. The summed E-state index contributed by atoms with van der Waals surface area (Å²) in [5.74, 6) is 0. The van der Waals surface area contributed by atoms with E-state index < -0.39 is 0 Å². The van der Waals surface area contributed by atoms with Crippen LogP contribution in [0, 0.1) is 0 Å². The predicted molar refractivity (Wildman–Crippen MR) is 29.2 cm³/mol. The third-order valence-corrected chi connectivity index (χ3v) is 0. The van der Waals surface area contributed by atoms with Crippen molar-refractivity contribution in [2.24, 2.45) is 0 Å². The van der Waals surface area contributed by atoms with E-state index in [1.807, 2.05) is 0 Å². The van der Waals surface area contributed by atoms with E-state index >= 15 is 0 Å². The third kappa shape index (κ3) is 181. The van der Waals surface area contributed by atoms with Crippen molar-refractivity contribution in [3.63, 3.8) is 0 Å². The summed E-state index contributed by atoms with van der Waals surface area (Å²) >= 11 is 0. The van der Waals surface area contributed by atoms with Crippen LogP contribution in [0.5, 0.6) is 0 Å². The minimum absolute atomic E-state index is 0. The summed E-state index contributed by atoms with van der Waals surface area (Å²) in [5.41, 5.74) is 0. The molecule has 0 fully saturated rings. The van der Waals surface area contributed by atoms with Gasteiger partial charge in [0.2, 0.25) is 0 Å². The van der Waals surface area contributed by atoms with Crippen molar-refractivity contribution in [2.75, 3.05) is 0 Å². The van der Waals surface area contributed by atoms with Gasteiger partial charge in [-0.3, -0.25) is 0 Å². The van der Waals surface area contributed by atoms with Crippen molar-refractivity contribution in [2.45, 2.75) is 0 Å². The van der Waals surface area contributed by atoms with Gasteiger partial charge in [-0.2, -0.15) is 0 Å². The van der Waals surface area contributed by atoms with Gasteiger partial charge in [0.05, 0.1) is 0 Å². The Morgan fingerprint density at radius 1 is 0.294 bits per heavy atom. The van der Waals surface area contributed by atoms with Gasteiger partial charge >= 0.3 is 262 Å². The molecule has 0 aliphatic rings. The number of rotatable bonds is 0. The van der Waals surface area contributed by atoms with Gasteiger partial charge < -0.3 is 49.3 Å². The van der Waals surface area contributed by atoms with Crippen LogP contribution in [0.3, 0.4) is 0 Å². The topological polar surface area (TPSA) is 256 Å². The van der Waals surface area contributed by atoms with E-state index in [9.17, 15) is 0 Å². The fourth-order valence-corrected chi connectivity index (χ4v) is 0. The number of hydrogen-bond donors (Lipinski definition) is 0. The van der Waals surface area contributed by atoms with Crippen molar-refractivity contribution < 1.29 is 122 Å². The summed E-state index contributed by atoms with van der Waals surface area (Å²) in [4.78, 5) is 0. The van der Waals surface area contributed by atoms with Crippen LogP contribution in [-0.2, 0) is 122 Å². The van der Waals surface area contributed by atoms with Gasteiger partial charge in [0.25, 0.3) is 0 Å². The van der Waals surface area contributed by atoms with E-state index in [4.69, 9.17) is 0 Å². The van der Waals surface area contributed by atoms with Crippen LogP contribution in [0.2, 0.25) is 0 Å². The van der Waals surface area contributed by atoms with E-state index in [0.29, 0.717) is 0 Å². The molecule has 82 valence electrons. The molecule has 2 radical (unpaired) electrons. The van der Waals surface area contributed by atoms with Gasteiger partial charge in [0, 0.05) is 0 Å². The largest absolute Gasteiger partial charge is 3.00 e. The molecule has 17 heteroatoms. The van der Waals surface area contributed by atoms with Crippen LogP contribution in [0.15, 0.2) is 0 Å². The Balaban J connectivity index is 0. The van der Waals surface area contributed by atoms with Gasteiger partial charge in [-0.15, -0.1) is 0 Å². The van der Waals surface area contributed by atoms with Crippen molar-refractivity contribution >= 4 is 189 Å². The Kier molecular flexibility index (Phi) is 2610. The fraction of sp³-hybridized carbons (Fsp3) is 0. The normalized spacial score (nSPS) is 0. The first-order valence-corrected chi connectivity index (χ1v) is 0. The molecule has 0 unspecified atom stereocenters. The van der Waals surface area contributed by atoms with Crippen LogP contribution >= 0.6 is 0 Å².